The predicted octanol–water partition coefficient (Wildman–Crippen LogP) is 2.84. The van der Waals surface area contributed by atoms with Crippen LogP contribution >= 0.6 is 11.6 Å². The maximum atomic E-state index is 12.9. The standard InChI is InChI=1S/C12H13ClFNO2/c13-10-7-9(1-2-11(10)14)15-12(16)8-3-5-17-6-4-8/h1-2,7-8H,3-6H2,(H,15,16). The van der Waals surface area contributed by atoms with E-state index in [1.165, 1.54) is 18.2 Å². The molecular formula is C12H13ClFNO2. The first kappa shape index (κ1) is 12.3. The summed E-state index contributed by atoms with van der Waals surface area (Å²) in [6.07, 6.45) is 1.45. The van der Waals surface area contributed by atoms with Crippen LogP contribution in [0.1, 0.15) is 12.8 Å². The molecule has 0 saturated carbocycles. The Balaban J connectivity index is 1.99. The molecule has 1 saturated heterocycles. The minimum Gasteiger partial charge on any atom is -0.381 e. The Morgan fingerprint density at radius 3 is 2.76 bits per heavy atom. The van der Waals surface area contributed by atoms with Crippen LogP contribution in [0, 0.1) is 11.7 Å². The van der Waals surface area contributed by atoms with E-state index < -0.39 is 5.82 Å². The van der Waals surface area contributed by atoms with Crippen molar-refractivity contribution >= 4 is 23.2 Å². The van der Waals surface area contributed by atoms with E-state index >= 15 is 0 Å². The van der Waals surface area contributed by atoms with Crippen LogP contribution < -0.4 is 5.32 Å². The number of carbonyl (C=O) groups is 1. The molecule has 3 nitrogen and oxygen atoms in total. The molecule has 1 heterocycles. The second-order valence-corrected chi connectivity index (χ2v) is 4.41. The number of halogens is 2. The Morgan fingerprint density at radius 1 is 1.41 bits per heavy atom. The van der Waals surface area contributed by atoms with Crippen LogP contribution in [0.3, 0.4) is 0 Å². The van der Waals surface area contributed by atoms with Crippen LogP contribution in [-0.4, -0.2) is 19.1 Å². The van der Waals surface area contributed by atoms with Gasteiger partial charge in [0.1, 0.15) is 5.82 Å². The van der Waals surface area contributed by atoms with E-state index in [1.54, 1.807) is 0 Å². The van der Waals surface area contributed by atoms with Crippen molar-refractivity contribution < 1.29 is 13.9 Å². The molecule has 92 valence electrons. The van der Waals surface area contributed by atoms with Crippen LogP contribution in [0.4, 0.5) is 10.1 Å². The minimum atomic E-state index is -0.490. The lowest BCUT2D eigenvalue weighted by Crippen LogP contribution is -2.28. The highest BCUT2D eigenvalue weighted by atomic mass is 35.5. The number of amides is 1. The lowest BCUT2D eigenvalue weighted by Gasteiger charge is -2.21. The second-order valence-electron chi connectivity index (χ2n) is 4.00. The quantitative estimate of drug-likeness (QED) is 0.885. The SMILES string of the molecule is O=C(Nc1ccc(F)c(Cl)c1)C1CCOCC1. The third-order valence-electron chi connectivity index (χ3n) is 2.78. The molecule has 1 aliphatic heterocycles. The summed E-state index contributed by atoms with van der Waals surface area (Å²) in [5.41, 5.74) is 0.521. The van der Waals surface area contributed by atoms with Gasteiger partial charge in [0.25, 0.3) is 0 Å². The molecule has 1 fully saturated rings. The topological polar surface area (TPSA) is 38.3 Å². The lowest BCUT2D eigenvalue weighted by molar-refractivity contribution is -0.122. The summed E-state index contributed by atoms with van der Waals surface area (Å²) in [4.78, 5) is 11.9. The third kappa shape index (κ3) is 3.17. The normalized spacial score (nSPS) is 16.8. The summed E-state index contributed by atoms with van der Waals surface area (Å²) in [5, 5.41) is 2.74. The Kier molecular flexibility index (Phi) is 3.97. The zero-order chi connectivity index (χ0) is 12.3. The summed E-state index contributed by atoms with van der Waals surface area (Å²) in [6.45, 7) is 1.23. The fourth-order valence-electron chi connectivity index (χ4n) is 1.78. The van der Waals surface area contributed by atoms with Gasteiger partial charge in [-0.3, -0.25) is 4.79 Å². The number of carbonyl (C=O) groups excluding carboxylic acids is 1. The van der Waals surface area contributed by atoms with Gasteiger partial charge in [-0.1, -0.05) is 11.6 Å². The molecule has 1 aliphatic rings. The largest absolute Gasteiger partial charge is 0.381 e. The van der Waals surface area contributed by atoms with Gasteiger partial charge >= 0.3 is 0 Å². The van der Waals surface area contributed by atoms with Crippen molar-refractivity contribution in [2.24, 2.45) is 5.92 Å². The van der Waals surface area contributed by atoms with E-state index in [0.29, 0.717) is 18.9 Å². The molecule has 0 radical (unpaired) electrons. The maximum absolute atomic E-state index is 12.9. The van der Waals surface area contributed by atoms with Crippen LogP contribution in [0.15, 0.2) is 18.2 Å². The molecule has 0 atom stereocenters. The monoisotopic (exact) mass is 257 g/mol. The number of ether oxygens (including phenoxy) is 1. The van der Waals surface area contributed by atoms with E-state index in [1.807, 2.05) is 0 Å². The number of benzene rings is 1. The van der Waals surface area contributed by atoms with E-state index in [0.717, 1.165) is 12.8 Å². The molecular weight excluding hydrogens is 245 g/mol. The number of rotatable bonds is 2. The van der Waals surface area contributed by atoms with Gasteiger partial charge in [0.2, 0.25) is 5.91 Å². The smallest absolute Gasteiger partial charge is 0.227 e. The van der Waals surface area contributed by atoms with Crippen molar-refractivity contribution in [3.63, 3.8) is 0 Å². The number of anilines is 1. The summed E-state index contributed by atoms with van der Waals surface area (Å²) >= 11 is 5.64. The Labute approximate surface area is 104 Å². The minimum absolute atomic E-state index is 0.00905. The zero-order valence-electron chi connectivity index (χ0n) is 9.21. The molecule has 0 aliphatic carbocycles. The van der Waals surface area contributed by atoms with Gasteiger partial charge in [0, 0.05) is 24.8 Å². The molecule has 0 bridgehead atoms. The fourth-order valence-corrected chi connectivity index (χ4v) is 1.96. The van der Waals surface area contributed by atoms with Gasteiger partial charge in [-0.05, 0) is 31.0 Å². The molecule has 1 N–H and O–H groups in total. The summed E-state index contributed by atoms with van der Waals surface area (Å²) < 4.78 is 18.1. The predicted molar refractivity (Wildman–Crippen MR) is 63.6 cm³/mol. The molecule has 17 heavy (non-hydrogen) atoms. The average Bonchev–Trinajstić information content (AvgIpc) is 2.35. The molecule has 0 aromatic heterocycles. The molecule has 1 aromatic rings. The third-order valence-corrected chi connectivity index (χ3v) is 3.07. The van der Waals surface area contributed by atoms with Gasteiger partial charge in [0.05, 0.1) is 5.02 Å². The van der Waals surface area contributed by atoms with Gasteiger partial charge in [-0.15, -0.1) is 0 Å². The lowest BCUT2D eigenvalue weighted by atomic mass is 9.99. The highest BCUT2D eigenvalue weighted by Gasteiger charge is 2.21. The summed E-state index contributed by atoms with van der Waals surface area (Å²) in [5.74, 6) is -0.584. The average molecular weight is 258 g/mol. The van der Waals surface area contributed by atoms with Crippen LogP contribution in [0.25, 0.3) is 0 Å². The van der Waals surface area contributed by atoms with E-state index in [9.17, 15) is 9.18 Å². The van der Waals surface area contributed by atoms with Crippen LogP contribution in [0.2, 0.25) is 5.02 Å². The van der Waals surface area contributed by atoms with Crippen molar-refractivity contribution in [1.29, 1.82) is 0 Å². The van der Waals surface area contributed by atoms with E-state index in [-0.39, 0.29) is 16.8 Å². The van der Waals surface area contributed by atoms with Gasteiger partial charge in [-0.2, -0.15) is 0 Å². The van der Waals surface area contributed by atoms with Crippen LogP contribution in [0.5, 0.6) is 0 Å². The first-order valence-electron chi connectivity index (χ1n) is 5.50. The van der Waals surface area contributed by atoms with Gasteiger partial charge in [-0.25, -0.2) is 4.39 Å². The van der Waals surface area contributed by atoms with Gasteiger partial charge in [0.15, 0.2) is 0 Å². The van der Waals surface area contributed by atoms with Crippen molar-refractivity contribution in [3.8, 4) is 0 Å². The Morgan fingerprint density at radius 2 is 2.12 bits per heavy atom. The zero-order valence-corrected chi connectivity index (χ0v) is 9.97. The molecule has 2 rings (SSSR count). The highest BCUT2D eigenvalue weighted by molar-refractivity contribution is 6.31. The van der Waals surface area contributed by atoms with Crippen molar-refractivity contribution in [1.82, 2.24) is 0 Å². The molecule has 5 heteroatoms. The second kappa shape index (κ2) is 5.47. The molecule has 0 spiro atoms. The number of hydrogen-bond acceptors (Lipinski definition) is 2. The van der Waals surface area contributed by atoms with Gasteiger partial charge < -0.3 is 10.1 Å². The number of nitrogens with one attached hydrogen (secondary N) is 1. The molecule has 1 amide bonds. The van der Waals surface area contributed by atoms with Crippen LogP contribution in [-0.2, 0) is 9.53 Å². The summed E-state index contributed by atoms with van der Waals surface area (Å²) in [7, 11) is 0. The molecule has 1 aromatic carbocycles. The van der Waals surface area contributed by atoms with Crippen molar-refractivity contribution in [2.75, 3.05) is 18.5 Å². The maximum Gasteiger partial charge on any atom is 0.227 e. The summed E-state index contributed by atoms with van der Waals surface area (Å²) in [6, 6.07) is 4.15. The van der Waals surface area contributed by atoms with E-state index in [4.69, 9.17) is 16.3 Å². The first-order chi connectivity index (χ1) is 8.16. The number of hydrogen-bond donors (Lipinski definition) is 1. The van der Waals surface area contributed by atoms with Crippen molar-refractivity contribution in [3.05, 3.63) is 29.0 Å². The Bertz CT molecular complexity index is 419. The van der Waals surface area contributed by atoms with Crippen molar-refractivity contribution in [2.45, 2.75) is 12.8 Å². The Hall–Kier alpha value is -1.13. The first-order valence-corrected chi connectivity index (χ1v) is 5.88. The highest BCUT2D eigenvalue weighted by Crippen LogP contribution is 2.21. The fraction of sp³-hybridized carbons (Fsp3) is 0.417. The molecule has 0 unspecified atom stereocenters. The van der Waals surface area contributed by atoms with E-state index in [2.05, 4.69) is 5.32 Å².